The molecule has 0 fully saturated rings. The summed E-state index contributed by atoms with van der Waals surface area (Å²) in [5.41, 5.74) is 1.05. The molecule has 0 saturated carbocycles. The van der Waals surface area contributed by atoms with Gasteiger partial charge in [-0.25, -0.2) is 0 Å². The van der Waals surface area contributed by atoms with Crippen LogP contribution in [0.4, 0.5) is 0 Å². The third-order valence-corrected chi connectivity index (χ3v) is 3.37. The van der Waals surface area contributed by atoms with Crippen molar-refractivity contribution in [1.82, 2.24) is 5.32 Å². The fraction of sp³-hybridized carbons (Fsp3) is 0.278. The van der Waals surface area contributed by atoms with Crippen LogP contribution in [0.2, 0.25) is 0 Å². The van der Waals surface area contributed by atoms with E-state index < -0.39 is 0 Å². The summed E-state index contributed by atoms with van der Waals surface area (Å²) in [6.45, 7) is 1.86. The first-order chi connectivity index (χ1) is 11.1. The number of ether oxygens (including phenoxy) is 3. The lowest BCUT2D eigenvalue weighted by Crippen LogP contribution is -2.31. The average Bonchev–Trinajstić information content (AvgIpc) is 2.60. The smallest absolute Gasteiger partial charge is 0.258 e. The van der Waals surface area contributed by atoms with Gasteiger partial charge in [0.15, 0.2) is 6.61 Å². The van der Waals surface area contributed by atoms with Crippen molar-refractivity contribution in [3.63, 3.8) is 0 Å². The molecule has 1 atom stereocenters. The second kappa shape index (κ2) is 8.08. The zero-order valence-corrected chi connectivity index (χ0v) is 13.5. The van der Waals surface area contributed by atoms with Gasteiger partial charge in [0, 0.05) is 18.2 Å². The van der Waals surface area contributed by atoms with Crippen molar-refractivity contribution in [3.8, 4) is 17.2 Å². The summed E-state index contributed by atoms with van der Waals surface area (Å²) < 4.78 is 15.8. The molecule has 1 N–H and O–H groups in total. The predicted molar refractivity (Wildman–Crippen MR) is 88.0 cm³/mol. The van der Waals surface area contributed by atoms with E-state index in [4.69, 9.17) is 14.2 Å². The first kappa shape index (κ1) is 16.7. The van der Waals surface area contributed by atoms with Gasteiger partial charge in [-0.1, -0.05) is 30.3 Å². The first-order valence-corrected chi connectivity index (χ1v) is 7.32. The van der Waals surface area contributed by atoms with Gasteiger partial charge in [0.2, 0.25) is 0 Å². The minimum Gasteiger partial charge on any atom is -0.496 e. The lowest BCUT2D eigenvalue weighted by atomic mass is 10.1. The van der Waals surface area contributed by atoms with E-state index in [0.29, 0.717) is 17.2 Å². The first-order valence-electron chi connectivity index (χ1n) is 7.32. The van der Waals surface area contributed by atoms with Crippen LogP contribution in [-0.2, 0) is 4.79 Å². The van der Waals surface area contributed by atoms with Gasteiger partial charge in [-0.3, -0.25) is 4.79 Å². The normalized spacial score (nSPS) is 11.4. The summed E-state index contributed by atoms with van der Waals surface area (Å²) in [4.78, 5) is 12.0. The van der Waals surface area contributed by atoms with Gasteiger partial charge in [-0.2, -0.15) is 0 Å². The van der Waals surface area contributed by atoms with E-state index in [0.717, 1.165) is 5.56 Å². The number of carbonyl (C=O) groups is 1. The Hall–Kier alpha value is -2.69. The van der Waals surface area contributed by atoms with Crippen molar-refractivity contribution >= 4 is 5.91 Å². The van der Waals surface area contributed by atoms with Crippen molar-refractivity contribution < 1.29 is 19.0 Å². The van der Waals surface area contributed by atoms with E-state index in [1.54, 1.807) is 32.4 Å². The molecule has 0 spiro atoms. The Morgan fingerprint density at radius 1 is 1.00 bits per heavy atom. The third kappa shape index (κ3) is 4.92. The Morgan fingerprint density at radius 3 is 2.13 bits per heavy atom. The van der Waals surface area contributed by atoms with E-state index in [1.807, 2.05) is 37.3 Å². The fourth-order valence-corrected chi connectivity index (χ4v) is 2.12. The van der Waals surface area contributed by atoms with Crippen LogP contribution in [0, 0.1) is 0 Å². The Morgan fingerprint density at radius 2 is 1.57 bits per heavy atom. The molecule has 0 radical (unpaired) electrons. The highest BCUT2D eigenvalue weighted by Gasteiger charge is 2.10. The van der Waals surface area contributed by atoms with Crippen molar-refractivity contribution in [2.24, 2.45) is 0 Å². The van der Waals surface area contributed by atoms with Crippen LogP contribution in [0.1, 0.15) is 18.5 Å². The lowest BCUT2D eigenvalue weighted by Gasteiger charge is -2.15. The molecule has 0 saturated heterocycles. The van der Waals surface area contributed by atoms with Crippen molar-refractivity contribution in [2.45, 2.75) is 13.0 Å². The Labute approximate surface area is 136 Å². The van der Waals surface area contributed by atoms with E-state index in [1.165, 1.54) is 0 Å². The van der Waals surface area contributed by atoms with Gasteiger partial charge >= 0.3 is 0 Å². The van der Waals surface area contributed by atoms with Gasteiger partial charge in [0.1, 0.15) is 17.2 Å². The molecule has 0 aliphatic carbocycles. The van der Waals surface area contributed by atoms with Crippen molar-refractivity contribution in [2.75, 3.05) is 20.8 Å². The van der Waals surface area contributed by atoms with Gasteiger partial charge in [0.05, 0.1) is 20.3 Å². The lowest BCUT2D eigenvalue weighted by molar-refractivity contribution is -0.123. The van der Waals surface area contributed by atoms with Gasteiger partial charge in [0.25, 0.3) is 5.91 Å². The van der Waals surface area contributed by atoms with E-state index in [2.05, 4.69) is 5.32 Å². The number of nitrogens with one attached hydrogen (secondary N) is 1. The van der Waals surface area contributed by atoms with E-state index in [-0.39, 0.29) is 18.6 Å². The highest BCUT2D eigenvalue weighted by atomic mass is 16.5. The molecule has 2 aromatic carbocycles. The highest BCUT2D eigenvalue weighted by molar-refractivity contribution is 5.78. The third-order valence-electron chi connectivity index (χ3n) is 3.37. The number of rotatable bonds is 7. The summed E-state index contributed by atoms with van der Waals surface area (Å²) in [6, 6.07) is 14.8. The number of methoxy groups -OCH3 is 2. The predicted octanol–water partition coefficient (Wildman–Crippen LogP) is 2.96. The molecule has 122 valence electrons. The SMILES string of the molecule is COc1cc(OC)cc(OCC(=O)N[C@@H](C)c2ccccc2)c1. The summed E-state index contributed by atoms with van der Waals surface area (Å²) in [6.07, 6.45) is 0. The number of hydrogen-bond acceptors (Lipinski definition) is 4. The van der Waals surface area contributed by atoms with Crippen LogP contribution in [0.5, 0.6) is 17.2 Å². The number of benzene rings is 2. The van der Waals surface area contributed by atoms with Crippen LogP contribution >= 0.6 is 0 Å². The number of amides is 1. The Bertz CT molecular complexity index is 620. The zero-order chi connectivity index (χ0) is 16.7. The quantitative estimate of drug-likeness (QED) is 0.853. The Kier molecular flexibility index (Phi) is 5.86. The van der Waals surface area contributed by atoms with Crippen molar-refractivity contribution in [1.29, 1.82) is 0 Å². The minimum atomic E-state index is -0.192. The molecule has 1 amide bonds. The topological polar surface area (TPSA) is 56.8 Å². The van der Waals surface area contributed by atoms with Crippen LogP contribution in [-0.4, -0.2) is 26.7 Å². The highest BCUT2D eigenvalue weighted by Crippen LogP contribution is 2.27. The van der Waals surface area contributed by atoms with Gasteiger partial charge in [-0.15, -0.1) is 0 Å². The molecule has 0 aliphatic heterocycles. The second-order valence-corrected chi connectivity index (χ2v) is 5.04. The maximum Gasteiger partial charge on any atom is 0.258 e. The molecule has 23 heavy (non-hydrogen) atoms. The number of carbonyl (C=O) groups excluding carboxylic acids is 1. The molecule has 0 aromatic heterocycles. The summed E-state index contributed by atoms with van der Waals surface area (Å²) in [5.74, 6) is 1.54. The minimum absolute atomic E-state index is 0.0759. The van der Waals surface area contributed by atoms with Crippen LogP contribution in [0.3, 0.4) is 0 Å². The van der Waals surface area contributed by atoms with E-state index >= 15 is 0 Å². The van der Waals surface area contributed by atoms with Crippen molar-refractivity contribution in [3.05, 3.63) is 54.1 Å². The molecular weight excluding hydrogens is 294 g/mol. The van der Waals surface area contributed by atoms with Crippen LogP contribution in [0.25, 0.3) is 0 Å². The molecule has 5 heteroatoms. The average molecular weight is 315 g/mol. The largest absolute Gasteiger partial charge is 0.496 e. The van der Waals surface area contributed by atoms with E-state index in [9.17, 15) is 4.79 Å². The molecule has 0 heterocycles. The molecular formula is C18H21NO4. The number of hydrogen-bond donors (Lipinski definition) is 1. The molecule has 0 bridgehead atoms. The summed E-state index contributed by atoms with van der Waals surface area (Å²) in [7, 11) is 3.12. The fourth-order valence-electron chi connectivity index (χ4n) is 2.12. The maximum atomic E-state index is 12.0. The van der Waals surface area contributed by atoms with Gasteiger partial charge in [-0.05, 0) is 12.5 Å². The molecule has 5 nitrogen and oxygen atoms in total. The monoisotopic (exact) mass is 315 g/mol. The zero-order valence-electron chi connectivity index (χ0n) is 13.5. The maximum absolute atomic E-state index is 12.0. The Balaban J connectivity index is 1.91. The molecule has 0 unspecified atom stereocenters. The van der Waals surface area contributed by atoms with Gasteiger partial charge < -0.3 is 19.5 Å². The van der Waals surface area contributed by atoms with Crippen LogP contribution < -0.4 is 19.5 Å². The standard InChI is InChI=1S/C18H21NO4/c1-13(14-7-5-4-6-8-14)19-18(20)12-23-17-10-15(21-2)9-16(11-17)22-3/h4-11,13H,12H2,1-3H3,(H,19,20)/t13-/m0/s1. The molecule has 2 aromatic rings. The molecule has 2 rings (SSSR count). The summed E-state index contributed by atoms with van der Waals surface area (Å²) in [5, 5.41) is 2.90. The second-order valence-electron chi connectivity index (χ2n) is 5.04. The molecule has 0 aliphatic rings. The summed E-state index contributed by atoms with van der Waals surface area (Å²) >= 11 is 0. The van der Waals surface area contributed by atoms with Crippen LogP contribution in [0.15, 0.2) is 48.5 Å².